The van der Waals surface area contributed by atoms with Crippen LogP contribution in [0.5, 0.6) is 0 Å². The molecule has 0 unspecified atom stereocenters. The topological polar surface area (TPSA) is 33.6 Å². The van der Waals surface area contributed by atoms with Crippen LogP contribution in [0.4, 0.5) is 24.5 Å². The van der Waals surface area contributed by atoms with Gasteiger partial charge in [0.25, 0.3) is 6.02 Å². The maximum Gasteiger partial charge on any atom is 0.422 e. The van der Waals surface area contributed by atoms with E-state index in [9.17, 15) is 13.2 Å². The summed E-state index contributed by atoms with van der Waals surface area (Å²) in [4.78, 5) is 4.07. The molecule has 0 radical (unpaired) electrons. The van der Waals surface area contributed by atoms with Gasteiger partial charge in [0.1, 0.15) is 0 Å². The summed E-state index contributed by atoms with van der Waals surface area (Å²) in [6.07, 6.45) is -4.42. The molecule has 0 saturated heterocycles. The first-order valence-electron chi connectivity index (χ1n) is 6.59. The predicted molar refractivity (Wildman–Crippen MR) is 80.3 cm³/mol. The zero-order chi connectivity index (χ0) is 16.0. The number of rotatable bonds is 3. The highest BCUT2D eigenvalue weighted by atomic mass is 19.4. The van der Waals surface area contributed by atoms with Gasteiger partial charge in [-0.1, -0.05) is 30.3 Å². The summed E-state index contributed by atoms with van der Waals surface area (Å²) in [7, 11) is 0. The standard InChI is InChI=1S/C16H15F3N2O/c1-12-6-5-9-14(10-12)21-15(22-11-16(17,18)19)20-13-7-3-2-4-8-13/h2-10H,11H2,1H3,(H,20,21). The van der Waals surface area contributed by atoms with E-state index in [0.29, 0.717) is 11.4 Å². The molecule has 0 fully saturated rings. The molecule has 2 aromatic carbocycles. The summed E-state index contributed by atoms with van der Waals surface area (Å²) < 4.78 is 41.8. The zero-order valence-corrected chi connectivity index (χ0v) is 11.9. The quantitative estimate of drug-likeness (QED) is 0.660. The molecule has 116 valence electrons. The first kappa shape index (κ1) is 15.9. The van der Waals surface area contributed by atoms with Crippen LogP contribution in [-0.2, 0) is 4.74 Å². The van der Waals surface area contributed by atoms with Crippen molar-refractivity contribution >= 4 is 17.4 Å². The SMILES string of the molecule is Cc1cccc(NC(=Nc2ccccc2)OCC(F)(F)F)c1. The van der Waals surface area contributed by atoms with Crippen LogP contribution >= 0.6 is 0 Å². The second kappa shape index (κ2) is 6.98. The molecule has 6 heteroatoms. The molecule has 2 rings (SSSR count). The van der Waals surface area contributed by atoms with Crippen LogP contribution in [0.25, 0.3) is 0 Å². The fourth-order valence-electron chi connectivity index (χ4n) is 1.71. The van der Waals surface area contributed by atoms with Gasteiger partial charge in [0.15, 0.2) is 6.61 Å². The van der Waals surface area contributed by atoms with Crippen molar-refractivity contribution in [3.63, 3.8) is 0 Å². The van der Waals surface area contributed by atoms with Crippen LogP contribution in [0.15, 0.2) is 59.6 Å². The third kappa shape index (κ3) is 5.47. The van der Waals surface area contributed by atoms with E-state index >= 15 is 0 Å². The van der Waals surface area contributed by atoms with E-state index in [0.717, 1.165) is 5.56 Å². The first-order valence-corrected chi connectivity index (χ1v) is 6.59. The molecule has 0 heterocycles. The van der Waals surface area contributed by atoms with Crippen molar-refractivity contribution in [1.82, 2.24) is 0 Å². The molecule has 22 heavy (non-hydrogen) atoms. The van der Waals surface area contributed by atoms with Crippen LogP contribution in [0.2, 0.25) is 0 Å². The molecule has 0 aliphatic rings. The van der Waals surface area contributed by atoms with Crippen molar-refractivity contribution in [2.24, 2.45) is 4.99 Å². The molecular weight excluding hydrogens is 293 g/mol. The van der Waals surface area contributed by atoms with Gasteiger partial charge in [0.2, 0.25) is 0 Å². The Morgan fingerprint density at radius 1 is 1.09 bits per heavy atom. The Hall–Kier alpha value is -2.50. The van der Waals surface area contributed by atoms with Crippen LogP contribution in [0.3, 0.4) is 0 Å². The molecule has 0 amide bonds. The van der Waals surface area contributed by atoms with Crippen LogP contribution in [-0.4, -0.2) is 18.8 Å². The molecule has 1 N–H and O–H groups in total. The van der Waals surface area contributed by atoms with Crippen LogP contribution < -0.4 is 5.32 Å². The Morgan fingerprint density at radius 3 is 2.45 bits per heavy atom. The molecule has 0 atom stereocenters. The number of aliphatic imine (C=N–C) groups is 1. The minimum Gasteiger partial charge on any atom is -0.455 e. The minimum atomic E-state index is -4.42. The van der Waals surface area contributed by atoms with E-state index in [2.05, 4.69) is 10.3 Å². The lowest BCUT2D eigenvalue weighted by atomic mass is 10.2. The Kier molecular flexibility index (Phi) is 5.04. The molecule has 0 aliphatic heterocycles. The lowest BCUT2D eigenvalue weighted by Gasteiger charge is -2.13. The number of hydrogen-bond donors (Lipinski definition) is 1. The van der Waals surface area contributed by atoms with Gasteiger partial charge in [0, 0.05) is 5.69 Å². The summed E-state index contributed by atoms with van der Waals surface area (Å²) >= 11 is 0. The molecule has 2 aromatic rings. The van der Waals surface area contributed by atoms with Gasteiger partial charge >= 0.3 is 6.18 Å². The lowest BCUT2D eigenvalue weighted by molar-refractivity contribution is -0.156. The summed E-state index contributed by atoms with van der Waals surface area (Å²) in [5.74, 6) is 0. The number of ether oxygens (including phenoxy) is 1. The van der Waals surface area contributed by atoms with Gasteiger partial charge in [-0.15, -0.1) is 0 Å². The number of hydrogen-bond acceptors (Lipinski definition) is 2. The Morgan fingerprint density at radius 2 is 1.82 bits per heavy atom. The van der Waals surface area contributed by atoms with Gasteiger partial charge in [-0.25, -0.2) is 0 Å². The second-order valence-corrected chi connectivity index (χ2v) is 4.65. The minimum absolute atomic E-state index is 0.200. The Balaban J connectivity index is 2.19. The van der Waals surface area contributed by atoms with Gasteiger partial charge < -0.3 is 10.1 Å². The van der Waals surface area contributed by atoms with Gasteiger partial charge in [0.05, 0.1) is 5.69 Å². The lowest BCUT2D eigenvalue weighted by Crippen LogP contribution is -2.24. The molecule has 0 aliphatic carbocycles. The highest BCUT2D eigenvalue weighted by molar-refractivity contribution is 5.90. The number of aryl methyl sites for hydroxylation is 1. The number of benzene rings is 2. The number of alkyl halides is 3. The predicted octanol–water partition coefficient (Wildman–Crippen LogP) is 4.67. The third-order valence-corrected chi connectivity index (χ3v) is 2.63. The molecule has 0 aromatic heterocycles. The molecular formula is C16H15F3N2O. The third-order valence-electron chi connectivity index (χ3n) is 2.63. The normalized spacial score (nSPS) is 12.1. The summed E-state index contributed by atoms with van der Waals surface area (Å²) in [6, 6.07) is 15.6. The largest absolute Gasteiger partial charge is 0.455 e. The molecule has 3 nitrogen and oxygen atoms in total. The Labute approximate surface area is 126 Å². The Bertz CT molecular complexity index is 639. The fourth-order valence-corrected chi connectivity index (χ4v) is 1.71. The van der Waals surface area contributed by atoms with Crippen molar-refractivity contribution < 1.29 is 17.9 Å². The maximum atomic E-state index is 12.3. The summed E-state index contributed by atoms with van der Waals surface area (Å²) in [6.45, 7) is 0.479. The average molecular weight is 308 g/mol. The number of para-hydroxylation sites is 1. The second-order valence-electron chi connectivity index (χ2n) is 4.65. The van der Waals surface area contributed by atoms with Crippen LogP contribution in [0.1, 0.15) is 5.56 Å². The van der Waals surface area contributed by atoms with E-state index in [-0.39, 0.29) is 6.02 Å². The highest BCUT2D eigenvalue weighted by Crippen LogP contribution is 2.18. The van der Waals surface area contributed by atoms with Crippen molar-refractivity contribution in [2.45, 2.75) is 13.1 Å². The van der Waals surface area contributed by atoms with Gasteiger partial charge in [-0.3, -0.25) is 0 Å². The van der Waals surface area contributed by atoms with E-state index in [1.54, 1.807) is 48.5 Å². The smallest absolute Gasteiger partial charge is 0.422 e. The van der Waals surface area contributed by atoms with E-state index in [4.69, 9.17) is 4.74 Å². The van der Waals surface area contributed by atoms with E-state index < -0.39 is 12.8 Å². The summed E-state index contributed by atoms with van der Waals surface area (Å²) in [5, 5.41) is 2.77. The van der Waals surface area contributed by atoms with Crippen LogP contribution in [0, 0.1) is 6.92 Å². The van der Waals surface area contributed by atoms with Crippen molar-refractivity contribution in [2.75, 3.05) is 11.9 Å². The van der Waals surface area contributed by atoms with Crippen molar-refractivity contribution in [3.05, 3.63) is 60.2 Å². The monoisotopic (exact) mass is 308 g/mol. The molecule has 0 saturated carbocycles. The number of amidine groups is 1. The number of anilines is 1. The fraction of sp³-hybridized carbons (Fsp3) is 0.188. The maximum absolute atomic E-state index is 12.3. The summed E-state index contributed by atoms with van der Waals surface area (Å²) in [5.41, 5.74) is 2.08. The van der Waals surface area contributed by atoms with Crippen molar-refractivity contribution in [3.8, 4) is 0 Å². The van der Waals surface area contributed by atoms with E-state index in [1.165, 1.54) is 0 Å². The van der Waals surface area contributed by atoms with Crippen molar-refractivity contribution in [1.29, 1.82) is 0 Å². The number of nitrogens with zero attached hydrogens (tertiary/aromatic N) is 1. The highest BCUT2D eigenvalue weighted by Gasteiger charge is 2.29. The van der Waals surface area contributed by atoms with Gasteiger partial charge in [-0.2, -0.15) is 18.2 Å². The number of halogens is 3. The van der Waals surface area contributed by atoms with E-state index in [1.807, 2.05) is 13.0 Å². The average Bonchev–Trinajstić information content (AvgIpc) is 2.45. The first-order chi connectivity index (χ1) is 10.4. The zero-order valence-electron chi connectivity index (χ0n) is 11.9. The number of nitrogens with one attached hydrogen (secondary N) is 1. The molecule has 0 bridgehead atoms. The molecule has 0 spiro atoms. The van der Waals surface area contributed by atoms with Gasteiger partial charge in [-0.05, 0) is 36.8 Å².